The van der Waals surface area contributed by atoms with E-state index < -0.39 is 20.3 Å². The fourth-order valence-corrected chi connectivity index (χ4v) is 3.58. The lowest BCUT2D eigenvalue weighted by molar-refractivity contribution is -0.0411. The van der Waals surface area contributed by atoms with E-state index in [1.165, 1.54) is 0 Å². The average molecular weight is 242 g/mol. The van der Waals surface area contributed by atoms with E-state index in [0.717, 1.165) is 12.6 Å². The predicted molar refractivity (Wildman–Crippen MR) is 54.7 cm³/mol. The standard InChI is InChI=1S/C9H17F3O2Si/c1-5-13-15(7-3,14-6-2)9(11,12)8(4)10/h7-8H,3,5-6H2,1-2,4H3. The largest absolute Gasteiger partial charge is 0.442 e. The van der Waals surface area contributed by atoms with Gasteiger partial charge in [0.15, 0.2) is 6.17 Å². The van der Waals surface area contributed by atoms with E-state index in [1.54, 1.807) is 13.8 Å². The lowest BCUT2D eigenvalue weighted by Gasteiger charge is -2.34. The van der Waals surface area contributed by atoms with Crippen molar-refractivity contribution in [2.24, 2.45) is 0 Å². The van der Waals surface area contributed by atoms with Gasteiger partial charge in [-0.05, 0) is 26.5 Å². The molecule has 0 radical (unpaired) electrons. The van der Waals surface area contributed by atoms with Crippen LogP contribution in [0, 0.1) is 0 Å². The minimum atomic E-state index is -4.00. The third-order valence-electron chi connectivity index (χ3n) is 1.95. The summed E-state index contributed by atoms with van der Waals surface area (Å²) in [6.07, 6.45) is -2.32. The van der Waals surface area contributed by atoms with Crippen molar-refractivity contribution >= 4 is 8.56 Å². The monoisotopic (exact) mass is 242 g/mol. The van der Waals surface area contributed by atoms with E-state index >= 15 is 0 Å². The van der Waals surface area contributed by atoms with Crippen molar-refractivity contribution in [2.75, 3.05) is 13.2 Å². The van der Waals surface area contributed by atoms with Crippen LogP contribution in [-0.4, -0.2) is 33.5 Å². The second-order valence-corrected chi connectivity index (χ2v) is 5.96. The molecule has 0 N–H and O–H groups in total. The molecule has 0 heterocycles. The molecule has 2 nitrogen and oxygen atoms in total. The molecule has 0 saturated carbocycles. The highest BCUT2D eigenvalue weighted by molar-refractivity contribution is 6.75. The Morgan fingerprint density at radius 1 is 1.33 bits per heavy atom. The number of hydrogen-bond acceptors (Lipinski definition) is 2. The Hall–Kier alpha value is -0.333. The summed E-state index contributed by atoms with van der Waals surface area (Å²) in [6, 6.07) is 0. The van der Waals surface area contributed by atoms with Gasteiger partial charge in [0, 0.05) is 13.2 Å². The normalized spacial score (nSPS) is 15.1. The summed E-state index contributed by atoms with van der Waals surface area (Å²) >= 11 is 0. The molecule has 0 aliphatic heterocycles. The van der Waals surface area contributed by atoms with Crippen LogP contribution in [0.3, 0.4) is 0 Å². The molecular formula is C9H17F3O2Si. The number of rotatable bonds is 7. The third-order valence-corrected chi connectivity index (χ3v) is 5.25. The molecule has 0 saturated heterocycles. The van der Waals surface area contributed by atoms with Crippen LogP contribution >= 0.6 is 0 Å². The summed E-state index contributed by atoms with van der Waals surface area (Å²) in [5.74, 6) is 0. The molecule has 0 spiro atoms. The van der Waals surface area contributed by atoms with Crippen molar-refractivity contribution in [3.8, 4) is 0 Å². The molecule has 0 aromatic carbocycles. The minimum absolute atomic E-state index is 0.0422. The van der Waals surface area contributed by atoms with Crippen LogP contribution in [0.2, 0.25) is 0 Å². The Bertz CT molecular complexity index is 204. The second kappa shape index (κ2) is 5.67. The van der Waals surface area contributed by atoms with Crippen LogP contribution in [0.5, 0.6) is 0 Å². The Balaban J connectivity index is 5.12. The van der Waals surface area contributed by atoms with Gasteiger partial charge in [0.2, 0.25) is 0 Å². The van der Waals surface area contributed by atoms with Crippen molar-refractivity contribution in [1.29, 1.82) is 0 Å². The molecule has 0 rings (SSSR count). The third kappa shape index (κ3) is 2.82. The summed E-state index contributed by atoms with van der Waals surface area (Å²) in [5.41, 5.74) is -2.68. The van der Waals surface area contributed by atoms with Crippen molar-refractivity contribution in [1.82, 2.24) is 0 Å². The Kier molecular flexibility index (Phi) is 5.54. The molecule has 90 valence electrons. The van der Waals surface area contributed by atoms with Crippen molar-refractivity contribution in [2.45, 2.75) is 32.5 Å². The van der Waals surface area contributed by atoms with Crippen molar-refractivity contribution in [3.05, 3.63) is 12.3 Å². The maximum absolute atomic E-state index is 13.6. The molecule has 0 aromatic rings. The van der Waals surface area contributed by atoms with Gasteiger partial charge in [-0.1, -0.05) is 0 Å². The first-order chi connectivity index (χ1) is 6.88. The highest BCUT2D eigenvalue weighted by atomic mass is 28.4. The van der Waals surface area contributed by atoms with E-state index in [1.807, 2.05) is 0 Å². The maximum Gasteiger partial charge on any atom is 0.442 e. The second-order valence-electron chi connectivity index (χ2n) is 2.98. The smallest absolute Gasteiger partial charge is 0.388 e. The zero-order chi connectivity index (χ0) is 12.1. The van der Waals surface area contributed by atoms with Crippen LogP contribution in [0.1, 0.15) is 20.8 Å². The maximum atomic E-state index is 13.6. The van der Waals surface area contributed by atoms with Gasteiger partial charge in [0.1, 0.15) is 0 Å². The van der Waals surface area contributed by atoms with E-state index in [0.29, 0.717) is 0 Å². The molecule has 1 atom stereocenters. The van der Waals surface area contributed by atoms with Gasteiger partial charge < -0.3 is 8.85 Å². The molecule has 6 heteroatoms. The summed E-state index contributed by atoms with van der Waals surface area (Å²) < 4.78 is 50.0. The first-order valence-corrected chi connectivity index (χ1v) is 6.70. The van der Waals surface area contributed by atoms with Gasteiger partial charge in [-0.3, -0.25) is 0 Å². The predicted octanol–water partition coefficient (Wildman–Crippen LogP) is 2.76. The summed E-state index contributed by atoms with van der Waals surface area (Å²) in [4.78, 5) is 0. The highest BCUT2D eigenvalue weighted by Gasteiger charge is 2.62. The molecule has 15 heavy (non-hydrogen) atoms. The topological polar surface area (TPSA) is 18.5 Å². The number of hydrogen-bond donors (Lipinski definition) is 0. The zero-order valence-corrected chi connectivity index (χ0v) is 10.2. The van der Waals surface area contributed by atoms with Crippen molar-refractivity contribution in [3.63, 3.8) is 0 Å². The number of halogens is 3. The Labute approximate surface area is 89.3 Å². The lowest BCUT2D eigenvalue weighted by Crippen LogP contribution is -2.61. The van der Waals surface area contributed by atoms with Crippen molar-refractivity contribution < 1.29 is 22.0 Å². The molecular weight excluding hydrogens is 225 g/mol. The van der Waals surface area contributed by atoms with Crippen LogP contribution in [0.15, 0.2) is 12.3 Å². The molecule has 0 amide bonds. The van der Waals surface area contributed by atoms with Gasteiger partial charge in [0.05, 0.1) is 0 Å². The van der Waals surface area contributed by atoms with E-state index in [2.05, 4.69) is 6.58 Å². The Morgan fingerprint density at radius 3 is 1.93 bits per heavy atom. The Morgan fingerprint density at radius 2 is 1.73 bits per heavy atom. The first kappa shape index (κ1) is 14.7. The van der Waals surface area contributed by atoms with Gasteiger partial charge in [-0.2, -0.15) is 0 Å². The zero-order valence-electron chi connectivity index (χ0n) is 9.23. The van der Waals surface area contributed by atoms with Crippen LogP contribution in [0.25, 0.3) is 0 Å². The number of alkyl halides is 3. The van der Waals surface area contributed by atoms with Crippen LogP contribution in [0.4, 0.5) is 13.2 Å². The van der Waals surface area contributed by atoms with E-state index in [4.69, 9.17) is 8.85 Å². The van der Waals surface area contributed by atoms with E-state index in [9.17, 15) is 13.2 Å². The summed E-state index contributed by atoms with van der Waals surface area (Å²) in [6.45, 7) is 7.28. The van der Waals surface area contributed by atoms with Gasteiger partial charge >= 0.3 is 14.1 Å². The van der Waals surface area contributed by atoms with Crippen LogP contribution in [-0.2, 0) is 8.85 Å². The van der Waals surface area contributed by atoms with Crippen LogP contribution < -0.4 is 0 Å². The molecule has 0 bridgehead atoms. The fraction of sp³-hybridized carbons (Fsp3) is 0.778. The summed E-state index contributed by atoms with van der Waals surface area (Å²) in [5, 5.41) is 0. The lowest BCUT2D eigenvalue weighted by atomic mass is 10.5. The van der Waals surface area contributed by atoms with Gasteiger partial charge in [-0.25, -0.2) is 13.2 Å². The minimum Gasteiger partial charge on any atom is -0.388 e. The molecule has 0 fully saturated rings. The SMILES string of the molecule is C=C[Si](OCC)(OCC)C(F)(F)C(C)F. The fourth-order valence-electron chi connectivity index (χ4n) is 1.19. The molecule has 1 unspecified atom stereocenters. The molecule has 0 aliphatic rings. The highest BCUT2D eigenvalue weighted by Crippen LogP contribution is 2.34. The van der Waals surface area contributed by atoms with Gasteiger partial charge in [0.25, 0.3) is 0 Å². The summed E-state index contributed by atoms with van der Waals surface area (Å²) in [7, 11) is -4.00. The first-order valence-electron chi connectivity index (χ1n) is 4.81. The average Bonchev–Trinajstić information content (AvgIpc) is 2.16. The van der Waals surface area contributed by atoms with E-state index in [-0.39, 0.29) is 13.2 Å². The van der Waals surface area contributed by atoms with Gasteiger partial charge in [-0.15, -0.1) is 6.58 Å². The molecule has 0 aromatic heterocycles. The molecule has 0 aliphatic carbocycles. The quantitative estimate of drug-likeness (QED) is 0.639.